The van der Waals surface area contributed by atoms with Gasteiger partial charge in [0.1, 0.15) is 0 Å². The number of likely N-dealkylation sites (tertiary alicyclic amines) is 1. The molecule has 1 heterocycles. The molecule has 1 amide bonds. The molecule has 17 heavy (non-hydrogen) atoms. The lowest BCUT2D eigenvalue weighted by Crippen LogP contribution is -2.48. The van der Waals surface area contributed by atoms with Crippen molar-refractivity contribution in [2.75, 3.05) is 32.4 Å². The lowest BCUT2D eigenvalue weighted by molar-refractivity contribution is -0.131. The lowest BCUT2D eigenvalue weighted by atomic mass is 10.1. The Labute approximate surface area is 103 Å². The summed E-state index contributed by atoms with van der Waals surface area (Å²) < 4.78 is 24.7. The number of nitrogens with zero attached hydrogens (tertiary/aromatic N) is 1. The molecular formula is C10H21N3O3S. The Balaban J connectivity index is 2.33. The zero-order valence-corrected chi connectivity index (χ0v) is 11.2. The number of likely N-dealkylation sites (N-methyl/N-ethyl adjacent to an activating group) is 1. The maximum atomic E-state index is 11.7. The standard InChI is InChI=1S/C10H21N3O3S/c1-3-11-8-10(14)13-6-4-9(5-7-13)12-17(2,15)16/h9,11-12H,3-8H2,1-2H3. The van der Waals surface area contributed by atoms with E-state index in [0.29, 0.717) is 32.5 Å². The molecule has 7 heteroatoms. The van der Waals surface area contributed by atoms with E-state index >= 15 is 0 Å². The largest absolute Gasteiger partial charge is 0.341 e. The summed E-state index contributed by atoms with van der Waals surface area (Å²) in [7, 11) is -3.14. The van der Waals surface area contributed by atoms with Gasteiger partial charge in [-0.25, -0.2) is 13.1 Å². The number of nitrogens with one attached hydrogen (secondary N) is 2. The Bertz CT molecular complexity index is 348. The average Bonchev–Trinajstić information content (AvgIpc) is 2.24. The third kappa shape index (κ3) is 5.47. The first-order valence-corrected chi connectivity index (χ1v) is 7.77. The van der Waals surface area contributed by atoms with E-state index in [4.69, 9.17) is 0 Å². The molecule has 0 aromatic carbocycles. The molecule has 6 nitrogen and oxygen atoms in total. The number of sulfonamides is 1. The van der Waals surface area contributed by atoms with Crippen molar-refractivity contribution in [3.63, 3.8) is 0 Å². The van der Waals surface area contributed by atoms with Crippen LogP contribution in [0.4, 0.5) is 0 Å². The Hall–Kier alpha value is -0.660. The summed E-state index contributed by atoms with van der Waals surface area (Å²) >= 11 is 0. The number of piperidine rings is 1. The minimum Gasteiger partial charge on any atom is -0.341 e. The highest BCUT2D eigenvalue weighted by Gasteiger charge is 2.23. The normalized spacial score (nSPS) is 18.4. The molecule has 0 bridgehead atoms. The van der Waals surface area contributed by atoms with Gasteiger partial charge in [0.2, 0.25) is 15.9 Å². The van der Waals surface area contributed by atoms with Crippen LogP contribution in [0.1, 0.15) is 19.8 Å². The predicted molar refractivity (Wildman–Crippen MR) is 66.1 cm³/mol. The number of carbonyl (C=O) groups is 1. The second-order valence-corrected chi connectivity index (χ2v) is 6.11. The minimum absolute atomic E-state index is 0.0341. The van der Waals surface area contributed by atoms with Gasteiger partial charge in [-0.3, -0.25) is 4.79 Å². The second kappa shape index (κ2) is 6.32. The van der Waals surface area contributed by atoms with Crippen LogP contribution in [-0.2, 0) is 14.8 Å². The average molecular weight is 263 g/mol. The molecule has 1 rings (SSSR count). The van der Waals surface area contributed by atoms with Gasteiger partial charge in [-0.05, 0) is 19.4 Å². The summed E-state index contributed by atoms with van der Waals surface area (Å²) in [4.78, 5) is 13.5. The van der Waals surface area contributed by atoms with Gasteiger partial charge in [-0.15, -0.1) is 0 Å². The van der Waals surface area contributed by atoms with Crippen molar-refractivity contribution in [2.24, 2.45) is 0 Å². The van der Waals surface area contributed by atoms with Crippen LogP contribution in [0.25, 0.3) is 0 Å². The highest BCUT2D eigenvalue weighted by Crippen LogP contribution is 2.10. The molecule has 100 valence electrons. The van der Waals surface area contributed by atoms with E-state index in [1.165, 1.54) is 0 Å². The van der Waals surface area contributed by atoms with Gasteiger partial charge in [0.05, 0.1) is 12.8 Å². The molecule has 0 saturated carbocycles. The van der Waals surface area contributed by atoms with Crippen LogP contribution in [0.5, 0.6) is 0 Å². The summed E-state index contributed by atoms with van der Waals surface area (Å²) in [5.74, 6) is 0.0876. The fourth-order valence-electron chi connectivity index (χ4n) is 1.89. The van der Waals surface area contributed by atoms with E-state index < -0.39 is 10.0 Å². The molecule has 0 spiro atoms. The summed E-state index contributed by atoms with van der Waals surface area (Å²) in [6.45, 7) is 4.34. The van der Waals surface area contributed by atoms with Crippen LogP contribution in [0.15, 0.2) is 0 Å². The van der Waals surface area contributed by atoms with Crippen molar-refractivity contribution in [1.29, 1.82) is 0 Å². The zero-order valence-electron chi connectivity index (χ0n) is 10.4. The summed E-state index contributed by atoms with van der Waals surface area (Å²) in [6.07, 6.45) is 2.53. The quantitative estimate of drug-likeness (QED) is 0.676. The Kier molecular flexibility index (Phi) is 5.35. The molecule has 0 aromatic heterocycles. The fraction of sp³-hybridized carbons (Fsp3) is 0.900. The van der Waals surface area contributed by atoms with Gasteiger partial charge in [0.15, 0.2) is 0 Å². The summed E-state index contributed by atoms with van der Waals surface area (Å²) in [5.41, 5.74) is 0. The molecule has 0 radical (unpaired) electrons. The first-order chi connectivity index (χ1) is 7.92. The van der Waals surface area contributed by atoms with Crippen LogP contribution in [-0.4, -0.2) is 57.7 Å². The van der Waals surface area contributed by atoms with Gasteiger partial charge < -0.3 is 10.2 Å². The smallest absolute Gasteiger partial charge is 0.236 e. The molecule has 0 unspecified atom stereocenters. The van der Waals surface area contributed by atoms with Gasteiger partial charge >= 0.3 is 0 Å². The van der Waals surface area contributed by atoms with Gasteiger partial charge in [0, 0.05) is 19.1 Å². The Morgan fingerprint density at radius 1 is 1.35 bits per heavy atom. The first kappa shape index (κ1) is 14.4. The van der Waals surface area contributed by atoms with Gasteiger partial charge in [-0.2, -0.15) is 0 Å². The fourth-order valence-corrected chi connectivity index (χ4v) is 2.73. The highest BCUT2D eigenvalue weighted by molar-refractivity contribution is 7.88. The molecule has 1 aliphatic rings. The topological polar surface area (TPSA) is 78.5 Å². The number of hydrogen-bond acceptors (Lipinski definition) is 4. The van der Waals surface area contributed by atoms with Crippen molar-refractivity contribution >= 4 is 15.9 Å². The zero-order chi connectivity index (χ0) is 12.9. The van der Waals surface area contributed by atoms with Crippen molar-refractivity contribution in [3.05, 3.63) is 0 Å². The molecule has 0 atom stereocenters. The minimum atomic E-state index is -3.14. The molecule has 0 aliphatic carbocycles. The van der Waals surface area contributed by atoms with Crippen LogP contribution in [0.3, 0.4) is 0 Å². The molecule has 1 fully saturated rings. The van der Waals surface area contributed by atoms with Crippen molar-refractivity contribution < 1.29 is 13.2 Å². The third-order valence-corrected chi connectivity index (χ3v) is 3.52. The van der Waals surface area contributed by atoms with E-state index in [1.807, 2.05) is 6.92 Å². The molecule has 1 saturated heterocycles. The molecule has 1 aliphatic heterocycles. The van der Waals surface area contributed by atoms with Crippen LogP contribution >= 0.6 is 0 Å². The van der Waals surface area contributed by atoms with Gasteiger partial charge in [-0.1, -0.05) is 6.92 Å². The maximum Gasteiger partial charge on any atom is 0.236 e. The second-order valence-electron chi connectivity index (χ2n) is 4.33. The van der Waals surface area contributed by atoms with E-state index in [9.17, 15) is 13.2 Å². The number of rotatable bonds is 5. The van der Waals surface area contributed by atoms with Crippen LogP contribution < -0.4 is 10.0 Å². The third-order valence-electron chi connectivity index (χ3n) is 2.75. The van der Waals surface area contributed by atoms with Crippen molar-refractivity contribution in [2.45, 2.75) is 25.8 Å². The predicted octanol–water partition coefficient (Wildman–Crippen LogP) is -0.864. The number of carbonyl (C=O) groups excluding carboxylic acids is 1. The van der Waals surface area contributed by atoms with Crippen LogP contribution in [0.2, 0.25) is 0 Å². The summed E-state index contributed by atoms with van der Waals surface area (Å²) in [5, 5.41) is 2.99. The molecule has 2 N–H and O–H groups in total. The van der Waals surface area contributed by atoms with E-state index in [-0.39, 0.29) is 11.9 Å². The lowest BCUT2D eigenvalue weighted by Gasteiger charge is -2.32. The SMILES string of the molecule is CCNCC(=O)N1CCC(NS(C)(=O)=O)CC1. The number of hydrogen-bond donors (Lipinski definition) is 2. The maximum absolute atomic E-state index is 11.7. The highest BCUT2D eigenvalue weighted by atomic mass is 32.2. The summed E-state index contributed by atoms with van der Waals surface area (Å²) in [6, 6.07) is -0.0341. The van der Waals surface area contributed by atoms with E-state index in [2.05, 4.69) is 10.0 Å². The van der Waals surface area contributed by atoms with E-state index in [1.54, 1.807) is 4.90 Å². The van der Waals surface area contributed by atoms with Crippen LogP contribution in [0, 0.1) is 0 Å². The number of amides is 1. The van der Waals surface area contributed by atoms with E-state index in [0.717, 1.165) is 12.8 Å². The first-order valence-electron chi connectivity index (χ1n) is 5.88. The van der Waals surface area contributed by atoms with Gasteiger partial charge in [0.25, 0.3) is 0 Å². The molecular weight excluding hydrogens is 242 g/mol. The van der Waals surface area contributed by atoms with Crippen molar-refractivity contribution in [3.8, 4) is 0 Å². The Morgan fingerprint density at radius 3 is 2.41 bits per heavy atom. The Morgan fingerprint density at radius 2 is 1.94 bits per heavy atom. The molecule has 0 aromatic rings. The monoisotopic (exact) mass is 263 g/mol. The van der Waals surface area contributed by atoms with Crippen molar-refractivity contribution in [1.82, 2.24) is 14.9 Å².